The van der Waals surface area contributed by atoms with Crippen molar-refractivity contribution in [3.05, 3.63) is 39.7 Å². The molecule has 0 aromatic heterocycles. The third kappa shape index (κ3) is 2.78. The largest absolute Gasteiger partial charge is 0.368 e. The highest BCUT2D eigenvalue weighted by Crippen LogP contribution is 2.21. The normalized spacial score (nSPS) is 17.5. The Hall–Kier alpha value is -1.53. The zero-order chi connectivity index (χ0) is 12.5. The van der Waals surface area contributed by atoms with Crippen molar-refractivity contribution >= 4 is 5.69 Å². The average Bonchev–Trinajstić information content (AvgIpc) is 2.23. The van der Waals surface area contributed by atoms with Crippen molar-refractivity contribution < 1.29 is 14.1 Å². The Balaban J connectivity index is 2.07. The number of nitro benzene ring substituents is 1. The second-order valence-corrected chi connectivity index (χ2v) is 4.42. The van der Waals surface area contributed by atoms with Crippen molar-refractivity contribution in [1.29, 1.82) is 0 Å². The predicted octanol–water partition coefficient (Wildman–Crippen LogP) is 1.61. The standard InChI is InChI=1S/C11H13FN2O3/c1-11(6-13-7-11)17-5-8-2-9(12)4-10(3-8)14(15)16/h2-4,13H,5-7H2,1H3. The minimum absolute atomic E-state index is 0.177. The molecule has 17 heavy (non-hydrogen) atoms. The summed E-state index contributed by atoms with van der Waals surface area (Å²) < 4.78 is 18.7. The molecule has 1 N–H and O–H groups in total. The summed E-state index contributed by atoms with van der Waals surface area (Å²) in [5.41, 5.74) is -0.0218. The van der Waals surface area contributed by atoms with Gasteiger partial charge in [-0.25, -0.2) is 4.39 Å². The lowest BCUT2D eigenvalue weighted by molar-refractivity contribution is -0.385. The van der Waals surface area contributed by atoms with Gasteiger partial charge in [0.15, 0.2) is 0 Å². The highest BCUT2D eigenvalue weighted by atomic mass is 19.1. The van der Waals surface area contributed by atoms with Crippen molar-refractivity contribution in [3.63, 3.8) is 0 Å². The number of nitro groups is 1. The summed E-state index contributed by atoms with van der Waals surface area (Å²) in [7, 11) is 0. The molecule has 1 aliphatic rings. The van der Waals surface area contributed by atoms with E-state index < -0.39 is 10.7 Å². The van der Waals surface area contributed by atoms with E-state index in [9.17, 15) is 14.5 Å². The van der Waals surface area contributed by atoms with Crippen LogP contribution in [0.1, 0.15) is 12.5 Å². The number of rotatable bonds is 4. The number of nitrogens with zero attached hydrogens (tertiary/aromatic N) is 1. The number of ether oxygens (including phenoxy) is 1. The van der Waals surface area contributed by atoms with Crippen molar-refractivity contribution in [3.8, 4) is 0 Å². The second kappa shape index (κ2) is 4.38. The molecule has 1 aromatic carbocycles. The monoisotopic (exact) mass is 240 g/mol. The van der Waals surface area contributed by atoms with Gasteiger partial charge in [-0.05, 0) is 18.6 Å². The van der Waals surface area contributed by atoms with Gasteiger partial charge in [0.05, 0.1) is 23.2 Å². The summed E-state index contributed by atoms with van der Waals surface area (Å²) in [6.45, 7) is 3.60. The van der Waals surface area contributed by atoms with Gasteiger partial charge >= 0.3 is 0 Å². The summed E-state index contributed by atoms with van der Waals surface area (Å²) in [5, 5.41) is 13.6. The summed E-state index contributed by atoms with van der Waals surface area (Å²) in [5.74, 6) is -0.616. The fourth-order valence-corrected chi connectivity index (χ4v) is 1.66. The van der Waals surface area contributed by atoms with Gasteiger partial charge in [-0.1, -0.05) is 0 Å². The highest BCUT2D eigenvalue weighted by molar-refractivity contribution is 5.34. The third-order valence-corrected chi connectivity index (χ3v) is 2.74. The van der Waals surface area contributed by atoms with Crippen molar-refractivity contribution in [1.82, 2.24) is 5.32 Å². The first-order valence-electron chi connectivity index (χ1n) is 5.27. The lowest BCUT2D eigenvalue weighted by Gasteiger charge is -2.39. The minimum atomic E-state index is -0.616. The molecule has 92 valence electrons. The van der Waals surface area contributed by atoms with Gasteiger partial charge in [0.2, 0.25) is 0 Å². The topological polar surface area (TPSA) is 64.4 Å². The molecular formula is C11H13FN2O3. The second-order valence-electron chi connectivity index (χ2n) is 4.42. The van der Waals surface area contributed by atoms with E-state index in [-0.39, 0.29) is 17.9 Å². The van der Waals surface area contributed by atoms with Gasteiger partial charge in [0, 0.05) is 19.2 Å². The number of benzene rings is 1. The lowest BCUT2D eigenvalue weighted by Crippen LogP contribution is -2.58. The van der Waals surface area contributed by atoms with Crippen LogP contribution < -0.4 is 5.32 Å². The van der Waals surface area contributed by atoms with Crippen molar-refractivity contribution in [2.24, 2.45) is 0 Å². The maximum Gasteiger partial charge on any atom is 0.272 e. The van der Waals surface area contributed by atoms with Gasteiger partial charge in [0.25, 0.3) is 5.69 Å². The van der Waals surface area contributed by atoms with Crippen LogP contribution in [-0.4, -0.2) is 23.6 Å². The Bertz CT molecular complexity index is 446. The first-order valence-corrected chi connectivity index (χ1v) is 5.27. The van der Waals surface area contributed by atoms with E-state index in [0.717, 1.165) is 19.2 Å². The van der Waals surface area contributed by atoms with Crippen molar-refractivity contribution in [2.45, 2.75) is 19.1 Å². The molecule has 1 aliphatic heterocycles. The maximum atomic E-state index is 13.1. The average molecular weight is 240 g/mol. The van der Waals surface area contributed by atoms with Gasteiger partial charge in [-0.15, -0.1) is 0 Å². The summed E-state index contributed by atoms with van der Waals surface area (Å²) in [6, 6.07) is 3.48. The first-order chi connectivity index (χ1) is 7.98. The Morgan fingerprint density at radius 3 is 2.76 bits per heavy atom. The SMILES string of the molecule is CC1(OCc2cc(F)cc([N+](=O)[O-])c2)CNC1. The zero-order valence-electron chi connectivity index (χ0n) is 9.40. The first kappa shape index (κ1) is 11.9. The highest BCUT2D eigenvalue weighted by Gasteiger charge is 2.32. The molecule has 1 heterocycles. The van der Waals surface area contributed by atoms with E-state index in [2.05, 4.69) is 5.32 Å². The molecule has 0 saturated carbocycles. The molecule has 1 aromatic rings. The van der Waals surface area contributed by atoms with Crippen LogP contribution in [-0.2, 0) is 11.3 Å². The molecule has 0 aliphatic carbocycles. The van der Waals surface area contributed by atoms with Crippen LogP contribution in [0.15, 0.2) is 18.2 Å². The molecule has 0 radical (unpaired) electrons. The van der Waals surface area contributed by atoms with Gasteiger partial charge < -0.3 is 10.1 Å². The van der Waals surface area contributed by atoms with Crippen LogP contribution in [0.25, 0.3) is 0 Å². The number of nitrogens with one attached hydrogen (secondary N) is 1. The molecule has 2 rings (SSSR count). The molecule has 1 fully saturated rings. The molecule has 1 saturated heterocycles. The van der Waals surface area contributed by atoms with Gasteiger partial charge in [0.1, 0.15) is 5.82 Å². The van der Waals surface area contributed by atoms with Crippen LogP contribution in [0.3, 0.4) is 0 Å². The Labute approximate surface area is 97.7 Å². The molecule has 0 atom stereocenters. The molecule has 0 amide bonds. The van der Waals surface area contributed by atoms with E-state index in [1.54, 1.807) is 0 Å². The summed E-state index contributed by atoms with van der Waals surface area (Å²) in [4.78, 5) is 9.95. The molecule has 0 bridgehead atoms. The Morgan fingerprint density at radius 1 is 1.53 bits per heavy atom. The lowest BCUT2D eigenvalue weighted by atomic mass is 10.00. The molecule has 6 heteroatoms. The maximum absolute atomic E-state index is 13.1. The molecule has 5 nitrogen and oxygen atoms in total. The van der Waals surface area contributed by atoms with Crippen LogP contribution >= 0.6 is 0 Å². The Kier molecular flexibility index (Phi) is 3.08. The van der Waals surface area contributed by atoms with E-state index in [0.29, 0.717) is 5.56 Å². The van der Waals surface area contributed by atoms with Crippen LogP contribution in [0, 0.1) is 15.9 Å². The van der Waals surface area contributed by atoms with Gasteiger partial charge in [-0.2, -0.15) is 0 Å². The fraction of sp³-hybridized carbons (Fsp3) is 0.455. The van der Waals surface area contributed by atoms with Crippen LogP contribution in [0.4, 0.5) is 10.1 Å². The Morgan fingerprint density at radius 2 is 2.24 bits per heavy atom. The third-order valence-electron chi connectivity index (χ3n) is 2.74. The predicted molar refractivity (Wildman–Crippen MR) is 59.1 cm³/mol. The minimum Gasteiger partial charge on any atom is -0.368 e. The van der Waals surface area contributed by atoms with Gasteiger partial charge in [-0.3, -0.25) is 10.1 Å². The summed E-state index contributed by atoms with van der Waals surface area (Å²) in [6.07, 6.45) is 0. The number of hydrogen-bond donors (Lipinski definition) is 1. The van der Waals surface area contributed by atoms with E-state index >= 15 is 0 Å². The zero-order valence-corrected chi connectivity index (χ0v) is 9.40. The molecular weight excluding hydrogens is 227 g/mol. The quantitative estimate of drug-likeness (QED) is 0.641. The van der Waals surface area contributed by atoms with Crippen LogP contribution in [0.5, 0.6) is 0 Å². The van der Waals surface area contributed by atoms with Crippen molar-refractivity contribution in [2.75, 3.05) is 13.1 Å². The summed E-state index contributed by atoms with van der Waals surface area (Å²) >= 11 is 0. The van der Waals surface area contributed by atoms with E-state index in [4.69, 9.17) is 4.74 Å². The molecule has 0 unspecified atom stereocenters. The number of halogens is 1. The van der Waals surface area contributed by atoms with E-state index in [1.807, 2.05) is 6.92 Å². The van der Waals surface area contributed by atoms with Crippen LogP contribution in [0.2, 0.25) is 0 Å². The number of non-ortho nitro benzene ring substituents is 1. The molecule has 0 spiro atoms. The fourth-order valence-electron chi connectivity index (χ4n) is 1.66. The smallest absolute Gasteiger partial charge is 0.272 e. The van der Waals surface area contributed by atoms with E-state index in [1.165, 1.54) is 12.1 Å². The number of hydrogen-bond acceptors (Lipinski definition) is 4.